The Labute approximate surface area is 113 Å². The van der Waals surface area contributed by atoms with Crippen LogP contribution in [0.15, 0.2) is 0 Å². The van der Waals surface area contributed by atoms with Gasteiger partial charge in [-0.2, -0.15) is 0 Å². The zero-order valence-corrected chi connectivity index (χ0v) is 12.7. The number of nitrogens with one attached hydrogen (secondary N) is 1. The Kier molecular flexibility index (Phi) is 4.71. The molecule has 18 heavy (non-hydrogen) atoms. The highest BCUT2D eigenvalue weighted by atomic mass is 16.5. The first-order chi connectivity index (χ1) is 8.46. The monoisotopic (exact) mass is 253 g/mol. The Bertz CT molecular complexity index is 260. The lowest BCUT2D eigenvalue weighted by molar-refractivity contribution is -0.0323. The summed E-state index contributed by atoms with van der Waals surface area (Å²) in [4.78, 5) is 0. The fraction of sp³-hybridized carbons (Fsp3) is 1.00. The van der Waals surface area contributed by atoms with Gasteiger partial charge in [0.1, 0.15) is 0 Å². The molecule has 3 unspecified atom stereocenters. The summed E-state index contributed by atoms with van der Waals surface area (Å²) in [6, 6.07) is 0.805. The van der Waals surface area contributed by atoms with Crippen molar-refractivity contribution in [1.29, 1.82) is 0 Å². The van der Waals surface area contributed by atoms with Crippen molar-refractivity contribution >= 4 is 0 Å². The van der Waals surface area contributed by atoms with Gasteiger partial charge < -0.3 is 10.1 Å². The minimum Gasteiger partial charge on any atom is -0.378 e. The van der Waals surface area contributed by atoms with Crippen LogP contribution in [0.2, 0.25) is 0 Å². The van der Waals surface area contributed by atoms with Gasteiger partial charge in [0.15, 0.2) is 0 Å². The topological polar surface area (TPSA) is 21.3 Å². The van der Waals surface area contributed by atoms with Crippen LogP contribution >= 0.6 is 0 Å². The van der Waals surface area contributed by atoms with Crippen molar-refractivity contribution in [2.75, 3.05) is 13.2 Å². The summed E-state index contributed by atoms with van der Waals surface area (Å²) >= 11 is 0. The lowest BCUT2D eigenvalue weighted by Crippen LogP contribution is -2.37. The molecule has 2 heteroatoms. The Balaban J connectivity index is 1.66. The van der Waals surface area contributed by atoms with Gasteiger partial charge in [-0.15, -0.1) is 0 Å². The third-order valence-corrected chi connectivity index (χ3v) is 4.71. The first-order valence-electron chi connectivity index (χ1n) is 7.81. The van der Waals surface area contributed by atoms with E-state index < -0.39 is 0 Å². The molecule has 0 saturated heterocycles. The molecular formula is C16H31NO. The van der Waals surface area contributed by atoms with Gasteiger partial charge in [-0.3, -0.25) is 0 Å². The van der Waals surface area contributed by atoms with Gasteiger partial charge in [-0.1, -0.05) is 27.7 Å². The van der Waals surface area contributed by atoms with Gasteiger partial charge in [0.2, 0.25) is 0 Å². The molecule has 0 aliphatic heterocycles. The molecule has 0 heterocycles. The van der Waals surface area contributed by atoms with Crippen LogP contribution in [0.1, 0.15) is 59.8 Å². The van der Waals surface area contributed by atoms with Gasteiger partial charge in [-0.25, -0.2) is 0 Å². The molecule has 1 N–H and O–H groups in total. The van der Waals surface area contributed by atoms with Crippen molar-refractivity contribution in [1.82, 2.24) is 5.32 Å². The van der Waals surface area contributed by atoms with E-state index in [0.717, 1.165) is 31.0 Å². The largest absolute Gasteiger partial charge is 0.378 e. The lowest BCUT2D eigenvalue weighted by atomic mass is 9.80. The van der Waals surface area contributed by atoms with E-state index in [1.165, 1.54) is 32.1 Å². The zero-order valence-electron chi connectivity index (χ0n) is 12.7. The van der Waals surface area contributed by atoms with E-state index in [1.54, 1.807) is 0 Å². The fourth-order valence-electron chi connectivity index (χ4n) is 2.75. The molecule has 0 amide bonds. The molecular weight excluding hydrogens is 222 g/mol. The average molecular weight is 253 g/mol. The first-order valence-corrected chi connectivity index (χ1v) is 7.81. The second-order valence-corrected chi connectivity index (χ2v) is 7.52. The number of hydrogen-bond acceptors (Lipinski definition) is 2. The highest BCUT2D eigenvalue weighted by Crippen LogP contribution is 2.32. The molecule has 2 fully saturated rings. The van der Waals surface area contributed by atoms with Crippen molar-refractivity contribution in [3.8, 4) is 0 Å². The Morgan fingerprint density at radius 2 is 1.78 bits per heavy atom. The lowest BCUT2D eigenvalue weighted by Gasteiger charge is -2.34. The second kappa shape index (κ2) is 5.92. The molecule has 106 valence electrons. The summed E-state index contributed by atoms with van der Waals surface area (Å²) in [7, 11) is 0. The predicted octanol–water partition coefficient (Wildman–Crippen LogP) is 3.61. The van der Waals surface area contributed by atoms with E-state index in [2.05, 4.69) is 33.0 Å². The van der Waals surface area contributed by atoms with Crippen LogP contribution in [0.25, 0.3) is 0 Å². The third-order valence-electron chi connectivity index (χ3n) is 4.71. The third kappa shape index (κ3) is 4.55. The Morgan fingerprint density at radius 3 is 2.39 bits per heavy atom. The fourth-order valence-corrected chi connectivity index (χ4v) is 2.75. The van der Waals surface area contributed by atoms with Crippen LogP contribution in [-0.4, -0.2) is 25.3 Å². The molecule has 2 aliphatic carbocycles. The van der Waals surface area contributed by atoms with E-state index in [9.17, 15) is 0 Å². The average Bonchev–Trinajstić information content (AvgIpc) is 3.12. The molecule has 0 aromatic carbocycles. The SMILES string of the molecule is CC1CCC(OCC(C)(C)CNC2CC2)CC1C. The number of ether oxygens (including phenoxy) is 1. The van der Waals surface area contributed by atoms with Gasteiger partial charge >= 0.3 is 0 Å². The molecule has 0 spiro atoms. The smallest absolute Gasteiger partial charge is 0.0578 e. The maximum atomic E-state index is 6.18. The van der Waals surface area contributed by atoms with Crippen molar-refractivity contribution in [2.45, 2.75) is 71.9 Å². The van der Waals surface area contributed by atoms with Crippen molar-refractivity contribution < 1.29 is 4.74 Å². The molecule has 2 aliphatic rings. The summed E-state index contributed by atoms with van der Waals surface area (Å²) in [5.74, 6) is 1.71. The van der Waals surface area contributed by atoms with Crippen molar-refractivity contribution in [3.05, 3.63) is 0 Å². The van der Waals surface area contributed by atoms with Gasteiger partial charge in [0.25, 0.3) is 0 Å². The van der Waals surface area contributed by atoms with Crippen LogP contribution in [0.5, 0.6) is 0 Å². The molecule has 0 bridgehead atoms. The van der Waals surface area contributed by atoms with Crippen molar-refractivity contribution in [3.63, 3.8) is 0 Å². The molecule has 2 rings (SSSR count). The first kappa shape index (κ1) is 14.3. The Hall–Kier alpha value is -0.0800. The maximum Gasteiger partial charge on any atom is 0.0578 e. The van der Waals surface area contributed by atoms with Crippen LogP contribution in [0.4, 0.5) is 0 Å². The summed E-state index contributed by atoms with van der Waals surface area (Å²) in [5.41, 5.74) is 0.273. The molecule has 0 aromatic rings. The highest BCUT2D eigenvalue weighted by molar-refractivity contribution is 4.84. The summed E-state index contributed by atoms with van der Waals surface area (Å²) in [5, 5.41) is 3.62. The predicted molar refractivity (Wildman–Crippen MR) is 76.7 cm³/mol. The van der Waals surface area contributed by atoms with Crippen LogP contribution in [0, 0.1) is 17.3 Å². The second-order valence-electron chi connectivity index (χ2n) is 7.52. The Morgan fingerprint density at radius 1 is 1.06 bits per heavy atom. The van der Waals surface area contributed by atoms with E-state index in [1.807, 2.05) is 0 Å². The van der Waals surface area contributed by atoms with E-state index in [0.29, 0.717) is 6.10 Å². The zero-order chi connectivity index (χ0) is 13.2. The number of hydrogen-bond donors (Lipinski definition) is 1. The van der Waals surface area contributed by atoms with Crippen LogP contribution in [0.3, 0.4) is 0 Å². The maximum absolute atomic E-state index is 6.18. The standard InChI is InChI=1S/C16H31NO/c1-12-5-8-15(9-13(12)2)18-11-16(3,4)10-17-14-6-7-14/h12-15,17H,5-11H2,1-4H3. The molecule has 3 atom stereocenters. The molecule has 0 radical (unpaired) electrons. The molecule has 2 saturated carbocycles. The van der Waals surface area contributed by atoms with Crippen LogP contribution in [-0.2, 0) is 4.74 Å². The minimum absolute atomic E-state index is 0.273. The van der Waals surface area contributed by atoms with Gasteiger partial charge in [-0.05, 0) is 43.9 Å². The molecule has 2 nitrogen and oxygen atoms in total. The number of rotatable bonds is 6. The van der Waals surface area contributed by atoms with Crippen LogP contribution < -0.4 is 5.32 Å². The van der Waals surface area contributed by atoms with Gasteiger partial charge in [0.05, 0.1) is 12.7 Å². The summed E-state index contributed by atoms with van der Waals surface area (Å²) in [6.07, 6.45) is 7.11. The summed E-state index contributed by atoms with van der Waals surface area (Å²) in [6.45, 7) is 11.4. The van der Waals surface area contributed by atoms with E-state index >= 15 is 0 Å². The van der Waals surface area contributed by atoms with E-state index in [4.69, 9.17) is 4.74 Å². The van der Waals surface area contributed by atoms with E-state index in [-0.39, 0.29) is 5.41 Å². The quantitative estimate of drug-likeness (QED) is 0.781. The molecule has 0 aromatic heterocycles. The normalized spacial score (nSPS) is 33.7. The minimum atomic E-state index is 0.273. The summed E-state index contributed by atoms with van der Waals surface area (Å²) < 4.78 is 6.18. The van der Waals surface area contributed by atoms with Gasteiger partial charge in [0, 0.05) is 18.0 Å². The highest BCUT2D eigenvalue weighted by Gasteiger charge is 2.29. The van der Waals surface area contributed by atoms with Crippen molar-refractivity contribution in [2.24, 2.45) is 17.3 Å².